The van der Waals surface area contributed by atoms with Crippen LogP contribution in [0, 0.1) is 5.92 Å². The summed E-state index contributed by atoms with van der Waals surface area (Å²) >= 11 is 0. The summed E-state index contributed by atoms with van der Waals surface area (Å²) in [5.41, 5.74) is 0.143. The number of rotatable bonds is 6. The summed E-state index contributed by atoms with van der Waals surface area (Å²) in [7, 11) is 0. The predicted molar refractivity (Wildman–Crippen MR) is 78.7 cm³/mol. The first-order valence-corrected chi connectivity index (χ1v) is 7.13. The van der Waals surface area contributed by atoms with E-state index in [1.165, 1.54) is 18.2 Å². The standard InChI is InChI=1S/C15H20N2O4/c1-2-7-17(9-10-3-4-10)15(21)16-11-5-6-13(18)12(8-11)14(19)20/h5-6,8,10,18H,2-4,7,9H2,1H3,(H,16,21)(H,19,20). The Morgan fingerprint density at radius 1 is 1.38 bits per heavy atom. The highest BCUT2D eigenvalue weighted by atomic mass is 16.4. The number of nitrogens with zero attached hydrogens (tertiary/aromatic N) is 1. The van der Waals surface area contributed by atoms with Gasteiger partial charge in [-0.05, 0) is 43.4 Å². The average molecular weight is 292 g/mol. The van der Waals surface area contributed by atoms with Crippen molar-refractivity contribution in [2.45, 2.75) is 26.2 Å². The second-order valence-corrected chi connectivity index (χ2v) is 5.36. The predicted octanol–water partition coefficient (Wildman–Crippen LogP) is 2.74. The van der Waals surface area contributed by atoms with Gasteiger partial charge in [0, 0.05) is 18.8 Å². The Hall–Kier alpha value is -2.24. The fourth-order valence-electron chi connectivity index (χ4n) is 2.15. The lowest BCUT2D eigenvalue weighted by Gasteiger charge is -2.22. The SMILES string of the molecule is CCCN(CC1CC1)C(=O)Nc1ccc(O)c(C(=O)O)c1. The van der Waals surface area contributed by atoms with Crippen LogP contribution in [0.5, 0.6) is 5.75 Å². The summed E-state index contributed by atoms with van der Waals surface area (Å²) in [6.07, 6.45) is 3.20. The molecule has 0 radical (unpaired) electrons. The molecule has 0 aromatic heterocycles. The Morgan fingerprint density at radius 2 is 2.10 bits per heavy atom. The lowest BCUT2D eigenvalue weighted by molar-refractivity contribution is 0.0693. The molecule has 114 valence electrons. The molecule has 0 spiro atoms. The van der Waals surface area contributed by atoms with E-state index in [1.807, 2.05) is 6.92 Å². The van der Waals surface area contributed by atoms with Crippen molar-refractivity contribution >= 4 is 17.7 Å². The van der Waals surface area contributed by atoms with E-state index in [1.54, 1.807) is 4.90 Å². The van der Waals surface area contributed by atoms with Crippen molar-refractivity contribution in [1.82, 2.24) is 4.90 Å². The van der Waals surface area contributed by atoms with Crippen LogP contribution < -0.4 is 5.32 Å². The molecule has 0 bridgehead atoms. The van der Waals surface area contributed by atoms with Gasteiger partial charge in [-0.25, -0.2) is 9.59 Å². The summed E-state index contributed by atoms with van der Waals surface area (Å²) in [4.78, 5) is 25.0. The summed E-state index contributed by atoms with van der Waals surface area (Å²) in [5.74, 6) is -0.951. The molecule has 2 rings (SSSR count). The normalized spacial score (nSPS) is 13.8. The van der Waals surface area contributed by atoms with Gasteiger partial charge in [-0.1, -0.05) is 6.92 Å². The van der Waals surface area contributed by atoms with Crippen molar-refractivity contribution in [2.75, 3.05) is 18.4 Å². The van der Waals surface area contributed by atoms with Crippen molar-refractivity contribution in [3.05, 3.63) is 23.8 Å². The topological polar surface area (TPSA) is 89.9 Å². The van der Waals surface area contributed by atoms with Crippen molar-refractivity contribution < 1.29 is 19.8 Å². The van der Waals surface area contributed by atoms with Gasteiger partial charge < -0.3 is 20.4 Å². The van der Waals surface area contributed by atoms with Gasteiger partial charge in [-0.2, -0.15) is 0 Å². The molecule has 1 aromatic rings. The molecule has 1 aliphatic rings. The highest BCUT2D eigenvalue weighted by Gasteiger charge is 2.26. The minimum atomic E-state index is -1.23. The van der Waals surface area contributed by atoms with E-state index in [2.05, 4.69) is 5.32 Å². The van der Waals surface area contributed by atoms with E-state index in [-0.39, 0.29) is 17.3 Å². The summed E-state index contributed by atoms with van der Waals surface area (Å²) in [5, 5.41) is 21.1. The molecule has 0 aliphatic heterocycles. The van der Waals surface area contributed by atoms with Crippen LogP contribution in [0.4, 0.5) is 10.5 Å². The number of urea groups is 1. The van der Waals surface area contributed by atoms with Gasteiger partial charge in [-0.3, -0.25) is 0 Å². The first-order chi connectivity index (χ1) is 10.0. The highest BCUT2D eigenvalue weighted by molar-refractivity contribution is 5.95. The number of phenols is 1. The van der Waals surface area contributed by atoms with Crippen molar-refractivity contribution in [3.63, 3.8) is 0 Å². The number of carboxylic acid groups (broad SMARTS) is 1. The number of hydrogen-bond acceptors (Lipinski definition) is 3. The Labute approximate surface area is 123 Å². The van der Waals surface area contributed by atoms with Gasteiger partial charge in [-0.15, -0.1) is 0 Å². The molecule has 0 unspecified atom stereocenters. The summed E-state index contributed by atoms with van der Waals surface area (Å²) in [6.45, 7) is 3.42. The summed E-state index contributed by atoms with van der Waals surface area (Å²) < 4.78 is 0. The second kappa shape index (κ2) is 6.47. The number of nitrogens with one attached hydrogen (secondary N) is 1. The molecule has 1 fully saturated rings. The second-order valence-electron chi connectivity index (χ2n) is 5.36. The molecule has 6 nitrogen and oxygen atoms in total. The Morgan fingerprint density at radius 3 is 2.67 bits per heavy atom. The van der Waals surface area contributed by atoms with Crippen LogP contribution in [0.3, 0.4) is 0 Å². The van der Waals surface area contributed by atoms with Gasteiger partial charge in [0.25, 0.3) is 0 Å². The first kappa shape index (κ1) is 15.2. The van der Waals surface area contributed by atoms with E-state index in [9.17, 15) is 14.7 Å². The Kier molecular flexibility index (Phi) is 4.67. The molecular weight excluding hydrogens is 272 g/mol. The monoisotopic (exact) mass is 292 g/mol. The van der Waals surface area contributed by atoms with Gasteiger partial charge in [0.05, 0.1) is 0 Å². The van der Waals surface area contributed by atoms with Crippen molar-refractivity contribution in [1.29, 1.82) is 0 Å². The number of anilines is 1. The van der Waals surface area contributed by atoms with E-state index in [0.29, 0.717) is 18.2 Å². The molecule has 1 saturated carbocycles. The lowest BCUT2D eigenvalue weighted by atomic mass is 10.2. The van der Waals surface area contributed by atoms with E-state index in [4.69, 9.17) is 5.11 Å². The molecule has 0 atom stereocenters. The number of amides is 2. The fraction of sp³-hybridized carbons (Fsp3) is 0.467. The maximum atomic E-state index is 12.2. The molecule has 21 heavy (non-hydrogen) atoms. The third kappa shape index (κ3) is 4.11. The number of carboxylic acids is 1. The van der Waals surface area contributed by atoms with Crippen molar-refractivity contribution in [2.24, 2.45) is 5.92 Å². The number of aromatic carboxylic acids is 1. The van der Waals surface area contributed by atoms with E-state index in [0.717, 1.165) is 25.8 Å². The number of hydrogen-bond donors (Lipinski definition) is 3. The van der Waals surface area contributed by atoms with Crippen LogP contribution in [0.2, 0.25) is 0 Å². The molecule has 6 heteroatoms. The van der Waals surface area contributed by atoms with Gasteiger partial charge >= 0.3 is 12.0 Å². The summed E-state index contributed by atoms with van der Waals surface area (Å²) in [6, 6.07) is 3.78. The Balaban J connectivity index is 2.06. The van der Waals surface area contributed by atoms with E-state index >= 15 is 0 Å². The van der Waals surface area contributed by atoms with Crippen LogP contribution in [-0.4, -0.2) is 40.2 Å². The highest BCUT2D eigenvalue weighted by Crippen LogP contribution is 2.30. The molecule has 0 heterocycles. The molecule has 0 saturated heterocycles. The maximum absolute atomic E-state index is 12.2. The number of benzene rings is 1. The number of aromatic hydroxyl groups is 1. The van der Waals surface area contributed by atoms with Crippen LogP contribution >= 0.6 is 0 Å². The largest absolute Gasteiger partial charge is 0.507 e. The molecule has 2 amide bonds. The van der Waals surface area contributed by atoms with E-state index < -0.39 is 5.97 Å². The maximum Gasteiger partial charge on any atom is 0.339 e. The van der Waals surface area contributed by atoms with Crippen LogP contribution in [0.1, 0.15) is 36.5 Å². The fourth-order valence-corrected chi connectivity index (χ4v) is 2.15. The Bertz CT molecular complexity index is 540. The molecular formula is C15H20N2O4. The molecule has 1 aliphatic carbocycles. The average Bonchev–Trinajstić information content (AvgIpc) is 3.24. The first-order valence-electron chi connectivity index (χ1n) is 7.13. The molecule has 1 aromatic carbocycles. The van der Waals surface area contributed by atoms with Gasteiger partial charge in [0.2, 0.25) is 0 Å². The minimum absolute atomic E-state index is 0.225. The minimum Gasteiger partial charge on any atom is -0.507 e. The molecule has 3 N–H and O–H groups in total. The van der Waals surface area contributed by atoms with Crippen LogP contribution in [-0.2, 0) is 0 Å². The quantitative estimate of drug-likeness (QED) is 0.703. The lowest BCUT2D eigenvalue weighted by Crippen LogP contribution is -2.37. The smallest absolute Gasteiger partial charge is 0.339 e. The third-order valence-electron chi connectivity index (χ3n) is 3.43. The van der Waals surface area contributed by atoms with Crippen molar-refractivity contribution in [3.8, 4) is 5.75 Å². The zero-order valence-corrected chi connectivity index (χ0v) is 12.0. The van der Waals surface area contributed by atoms with Gasteiger partial charge in [0.15, 0.2) is 0 Å². The zero-order valence-electron chi connectivity index (χ0n) is 12.0. The number of carbonyl (C=O) groups is 2. The van der Waals surface area contributed by atoms with Gasteiger partial charge in [0.1, 0.15) is 11.3 Å². The van der Waals surface area contributed by atoms with Crippen LogP contribution in [0.25, 0.3) is 0 Å². The number of carbonyl (C=O) groups excluding carboxylic acids is 1. The van der Waals surface area contributed by atoms with Crippen LogP contribution in [0.15, 0.2) is 18.2 Å². The zero-order chi connectivity index (χ0) is 15.4. The third-order valence-corrected chi connectivity index (χ3v) is 3.43.